The number of carbonyl (C=O) groups is 1. The molecule has 0 fully saturated rings. The van der Waals surface area contributed by atoms with Crippen molar-refractivity contribution < 1.29 is 9.72 Å². The molecule has 104 valence electrons. The van der Waals surface area contributed by atoms with E-state index < -0.39 is 10.8 Å². The number of nitro benzene ring substituents is 1. The number of anilines is 1. The lowest BCUT2D eigenvalue weighted by atomic mass is 10.1. The summed E-state index contributed by atoms with van der Waals surface area (Å²) in [6.45, 7) is 3.98. The minimum atomic E-state index is -0.636. The van der Waals surface area contributed by atoms with E-state index in [9.17, 15) is 14.9 Å². The van der Waals surface area contributed by atoms with E-state index in [1.165, 1.54) is 18.2 Å². The lowest BCUT2D eigenvalue weighted by Crippen LogP contribution is -2.33. The third-order valence-corrected chi connectivity index (χ3v) is 2.81. The Morgan fingerprint density at radius 1 is 1.53 bits per heavy atom. The highest BCUT2D eigenvalue weighted by Crippen LogP contribution is 2.25. The first-order chi connectivity index (χ1) is 8.97. The number of nitrogens with one attached hydrogen (secondary N) is 1. The molecule has 3 N–H and O–H groups in total. The quantitative estimate of drug-likeness (QED) is 0.451. The molecule has 0 saturated carbocycles. The second-order valence-electron chi connectivity index (χ2n) is 4.15. The van der Waals surface area contributed by atoms with Gasteiger partial charge in [-0.1, -0.05) is 13.0 Å². The first kappa shape index (κ1) is 14.9. The van der Waals surface area contributed by atoms with Crippen molar-refractivity contribution in [1.29, 1.82) is 0 Å². The van der Waals surface area contributed by atoms with Gasteiger partial charge in [0.15, 0.2) is 0 Å². The molecule has 19 heavy (non-hydrogen) atoms. The van der Waals surface area contributed by atoms with Crippen LogP contribution >= 0.6 is 0 Å². The molecule has 0 heterocycles. The molecule has 7 heteroatoms. The van der Waals surface area contributed by atoms with Crippen LogP contribution in [0.4, 0.5) is 11.4 Å². The average molecular weight is 266 g/mol. The van der Waals surface area contributed by atoms with E-state index in [4.69, 9.17) is 5.73 Å². The first-order valence-electron chi connectivity index (χ1n) is 5.97. The van der Waals surface area contributed by atoms with Crippen molar-refractivity contribution in [3.8, 4) is 0 Å². The van der Waals surface area contributed by atoms with Gasteiger partial charge in [-0.05, 0) is 25.7 Å². The third-order valence-electron chi connectivity index (χ3n) is 2.81. The average Bonchev–Trinajstić information content (AvgIpc) is 2.37. The molecule has 0 spiro atoms. The minimum Gasteiger partial charge on any atom is -0.393 e. The van der Waals surface area contributed by atoms with Crippen molar-refractivity contribution in [1.82, 2.24) is 10.2 Å². The Balaban J connectivity index is 2.77. The highest BCUT2D eigenvalue weighted by molar-refractivity contribution is 6.00. The van der Waals surface area contributed by atoms with Gasteiger partial charge in [0.25, 0.3) is 5.91 Å². The smallest absolute Gasteiger partial charge is 0.304 e. The first-order valence-corrected chi connectivity index (χ1v) is 5.97. The fraction of sp³-hybridized carbons (Fsp3) is 0.417. The van der Waals surface area contributed by atoms with Gasteiger partial charge in [0.05, 0.1) is 4.92 Å². The molecule has 0 aliphatic rings. The molecular weight excluding hydrogens is 248 g/mol. The molecule has 0 aliphatic carbocycles. The number of carbonyl (C=O) groups excluding carboxylic acids is 1. The van der Waals surface area contributed by atoms with Crippen LogP contribution in [0.25, 0.3) is 0 Å². The topological polar surface area (TPSA) is 102 Å². The number of nitrogens with zero attached hydrogens (tertiary/aromatic N) is 2. The number of hydrogen-bond donors (Lipinski definition) is 2. The van der Waals surface area contributed by atoms with Crippen molar-refractivity contribution in [2.45, 2.75) is 6.92 Å². The standard InChI is InChI=1S/C12H18N4O3/c1-3-15(2)8-7-14-12(17)9-5-4-6-10(13)11(9)16(18)19/h4-6H,3,7-8,13H2,1-2H3,(H,14,17). The van der Waals surface area contributed by atoms with Crippen molar-refractivity contribution in [3.05, 3.63) is 33.9 Å². The molecular formula is C12H18N4O3. The number of likely N-dealkylation sites (N-methyl/N-ethyl adjacent to an activating group) is 1. The second kappa shape index (κ2) is 6.69. The number of benzene rings is 1. The Kier molecular flexibility index (Phi) is 5.25. The van der Waals surface area contributed by atoms with Crippen LogP contribution in [0.1, 0.15) is 17.3 Å². The van der Waals surface area contributed by atoms with Gasteiger partial charge >= 0.3 is 5.69 Å². The molecule has 0 unspecified atom stereocenters. The maximum Gasteiger partial charge on any atom is 0.304 e. The number of hydrogen-bond acceptors (Lipinski definition) is 5. The predicted molar refractivity (Wildman–Crippen MR) is 73.0 cm³/mol. The zero-order valence-corrected chi connectivity index (χ0v) is 11.0. The van der Waals surface area contributed by atoms with Crippen LogP contribution in [0.2, 0.25) is 0 Å². The van der Waals surface area contributed by atoms with Crippen LogP contribution in [0.15, 0.2) is 18.2 Å². The van der Waals surface area contributed by atoms with E-state index in [1.807, 2.05) is 18.9 Å². The van der Waals surface area contributed by atoms with Crippen LogP contribution in [0, 0.1) is 10.1 Å². The van der Waals surface area contributed by atoms with Crippen LogP contribution in [-0.4, -0.2) is 42.4 Å². The molecule has 1 aromatic carbocycles. The lowest BCUT2D eigenvalue weighted by Gasteiger charge is -2.14. The van der Waals surface area contributed by atoms with Crippen LogP contribution in [0.3, 0.4) is 0 Å². The maximum absolute atomic E-state index is 11.9. The molecule has 0 atom stereocenters. The lowest BCUT2D eigenvalue weighted by molar-refractivity contribution is -0.384. The summed E-state index contributed by atoms with van der Waals surface area (Å²) in [7, 11) is 1.93. The third kappa shape index (κ3) is 3.92. The van der Waals surface area contributed by atoms with Gasteiger partial charge in [-0.2, -0.15) is 0 Å². The number of amides is 1. The van der Waals surface area contributed by atoms with Gasteiger partial charge in [-0.3, -0.25) is 14.9 Å². The van der Waals surface area contributed by atoms with Gasteiger partial charge in [0, 0.05) is 13.1 Å². The van der Waals surface area contributed by atoms with Crippen LogP contribution in [-0.2, 0) is 0 Å². The van der Waals surface area contributed by atoms with Gasteiger partial charge < -0.3 is 16.0 Å². The van der Waals surface area contributed by atoms with Gasteiger partial charge in [0.2, 0.25) is 0 Å². The number of rotatable bonds is 6. The summed E-state index contributed by atoms with van der Waals surface area (Å²) in [4.78, 5) is 24.2. The van der Waals surface area contributed by atoms with Crippen molar-refractivity contribution >= 4 is 17.3 Å². The van der Waals surface area contributed by atoms with Gasteiger partial charge in [-0.15, -0.1) is 0 Å². The van der Waals surface area contributed by atoms with E-state index >= 15 is 0 Å². The van der Waals surface area contributed by atoms with Crippen molar-refractivity contribution in [2.24, 2.45) is 0 Å². The number of nitrogen functional groups attached to an aromatic ring is 1. The molecule has 0 bridgehead atoms. The maximum atomic E-state index is 11.9. The highest BCUT2D eigenvalue weighted by atomic mass is 16.6. The Bertz CT molecular complexity index is 476. The van der Waals surface area contributed by atoms with Crippen LogP contribution in [0.5, 0.6) is 0 Å². The molecule has 1 amide bonds. The van der Waals surface area contributed by atoms with E-state index in [1.54, 1.807) is 0 Å². The fourth-order valence-corrected chi connectivity index (χ4v) is 1.56. The van der Waals surface area contributed by atoms with Crippen molar-refractivity contribution in [2.75, 3.05) is 32.4 Å². The molecule has 0 radical (unpaired) electrons. The summed E-state index contributed by atoms with van der Waals surface area (Å²) >= 11 is 0. The van der Waals surface area contributed by atoms with Crippen LogP contribution < -0.4 is 11.1 Å². The second-order valence-corrected chi connectivity index (χ2v) is 4.15. The Labute approximate surface area is 111 Å². The summed E-state index contributed by atoms with van der Waals surface area (Å²) in [5, 5.41) is 13.6. The molecule has 0 saturated heterocycles. The minimum absolute atomic E-state index is 0.0100. The van der Waals surface area contributed by atoms with E-state index in [-0.39, 0.29) is 16.9 Å². The monoisotopic (exact) mass is 266 g/mol. The summed E-state index contributed by atoms with van der Waals surface area (Å²) in [6, 6.07) is 4.32. The largest absolute Gasteiger partial charge is 0.393 e. The summed E-state index contributed by atoms with van der Waals surface area (Å²) < 4.78 is 0. The number of nitrogens with two attached hydrogens (primary N) is 1. The Morgan fingerprint density at radius 3 is 2.79 bits per heavy atom. The zero-order chi connectivity index (χ0) is 14.4. The summed E-state index contributed by atoms with van der Waals surface area (Å²) in [5.74, 6) is -0.483. The molecule has 7 nitrogen and oxygen atoms in total. The molecule has 1 rings (SSSR count). The Morgan fingerprint density at radius 2 is 2.21 bits per heavy atom. The zero-order valence-electron chi connectivity index (χ0n) is 11.0. The highest BCUT2D eigenvalue weighted by Gasteiger charge is 2.22. The van der Waals surface area contributed by atoms with E-state index in [0.717, 1.165) is 6.54 Å². The molecule has 0 aromatic heterocycles. The van der Waals surface area contributed by atoms with Gasteiger partial charge in [0.1, 0.15) is 11.3 Å². The molecule has 0 aliphatic heterocycles. The van der Waals surface area contributed by atoms with Gasteiger partial charge in [-0.25, -0.2) is 0 Å². The molecule has 1 aromatic rings. The SMILES string of the molecule is CCN(C)CCNC(=O)c1cccc(N)c1[N+](=O)[O-]. The Hall–Kier alpha value is -2.15. The number of para-hydroxylation sites is 1. The van der Waals surface area contributed by atoms with Crippen molar-refractivity contribution in [3.63, 3.8) is 0 Å². The normalized spacial score (nSPS) is 10.5. The fourth-order valence-electron chi connectivity index (χ4n) is 1.56. The number of nitro groups is 1. The van der Waals surface area contributed by atoms with E-state index in [2.05, 4.69) is 5.32 Å². The summed E-state index contributed by atoms with van der Waals surface area (Å²) in [5.41, 5.74) is 5.16. The summed E-state index contributed by atoms with van der Waals surface area (Å²) in [6.07, 6.45) is 0. The van der Waals surface area contributed by atoms with E-state index in [0.29, 0.717) is 13.1 Å². The predicted octanol–water partition coefficient (Wildman–Crippen LogP) is 0.859.